The van der Waals surface area contributed by atoms with E-state index in [0.717, 1.165) is 60.0 Å². The van der Waals surface area contributed by atoms with E-state index in [0.29, 0.717) is 22.6 Å². The van der Waals surface area contributed by atoms with E-state index in [9.17, 15) is 0 Å². The minimum absolute atomic E-state index is 0.318. The van der Waals surface area contributed by atoms with Crippen LogP contribution in [0.2, 0.25) is 5.02 Å². The van der Waals surface area contributed by atoms with Crippen LogP contribution in [0, 0.1) is 0 Å². The van der Waals surface area contributed by atoms with E-state index in [1.54, 1.807) is 14.2 Å². The molecule has 0 radical (unpaired) electrons. The molecule has 0 bridgehead atoms. The number of benzene rings is 2. The first-order valence-electron chi connectivity index (χ1n) is 10.6. The normalized spacial score (nSPS) is 12.5. The van der Waals surface area contributed by atoms with Gasteiger partial charge >= 0.3 is 0 Å². The number of hydrogen-bond acceptors (Lipinski definition) is 5. The summed E-state index contributed by atoms with van der Waals surface area (Å²) >= 11 is 6.25. The molecule has 3 rings (SSSR count). The Kier molecular flexibility index (Phi) is 7.62. The zero-order valence-corrected chi connectivity index (χ0v) is 19.3. The summed E-state index contributed by atoms with van der Waals surface area (Å²) in [6, 6.07) is 10.1. The Morgan fingerprint density at radius 1 is 1.00 bits per heavy atom. The number of pyridine rings is 1. The summed E-state index contributed by atoms with van der Waals surface area (Å²) in [7, 11) is 3.29. The van der Waals surface area contributed by atoms with Crippen LogP contribution in [0.3, 0.4) is 0 Å². The number of rotatable bonds is 10. The zero-order valence-electron chi connectivity index (χ0n) is 18.6. The Bertz CT molecular complexity index is 1000. The molecule has 30 heavy (non-hydrogen) atoms. The maximum absolute atomic E-state index is 6.25. The Morgan fingerprint density at radius 3 is 2.33 bits per heavy atom. The zero-order chi connectivity index (χ0) is 21.7. The van der Waals surface area contributed by atoms with Gasteiger partial charge in [0.25, 0.3) is 0 Å². The molecule has 0 aliphatic heterocycles. The number of aromatic nitrogens is 1. The highest BCUT2D eigenvalue weighted by Crippen LogP contribution is 2.39. The molecule has 1 atom stereocenters. The third-order valence-corrected chi connectivity index (χ3v) is 5.87. The fraction of sp³-hybridized carbons (Fsp3) is 0.458. The van der Waals surface area contributed by atoms with Crippen molar-refractivity contribution in [2.75, 3.05) is 39.2 Å². The van der Waals surface area contributed by atoms with Crippen molar-refractivity contribution >= 4 is 39.1 Å². The predicted molar refractivity (Wildman–Crippen MR) is 127 cm³/mol. The summed E-state index contributed by atoms with van der Waals surface area (Å²) in [6.45, 7) is 9.98. The second-order valence-corrected chi connectivity index (χ2v) is 8.02. The van der Waals surface area contributed by atoms with E-state index >= 15 is 0 Å². The van der Waals surface area contributed by atoms with Crippen LogP contribution in [0.25, 0.3) is 21.8 Å². The third kappa shape index (κ3) is 4.90. The van der Waals surface area contributed by atoms with Gasteiger partial charge in [0.2, 0.25) is 0 Å². The highest BCUT2D eigenvalue weighted by atomic mass is 35.5. The van der Waals surface area contributed by atoms with E-state index in [1.165, 1.54) is 0 Å². The summed E-state index contributed by atoms with van der Waals surface area (Å²) < 4.78 is 11.0. The van der Waals surface area contributed by atoms with Gasteiger partial charge in [-0.15, -0.1) is 0 Å². The van der Waals surface area contributed by atoms with Gasteiger partial charge in [0.05, 0.1) is 30.9 Å². The summed E-state index contributed by atoms with van der Waals surface area (Å²) in [5.74, 6) is 1.36. The molecular weight excluding hydrogens is 398 g/mol. The molecule has 1 heterocycles. The van der Waals surface area contributed by atoms with Crippen LogP contribution < -0.4 is 14.8 Å². The number of halogens is 1. The first-order valence-corrected chi connectivity index (χ1v) is 11.0. The van der Waals surface area contributed by atoms with Crippen molar-refractivity contribution in [2.45, 2.75) is 39.7 Å². The van der Waals surface area contributed by atoms with Crippen LogP contribution >= 0.6 is 11.6 Å². The number of hydrogen-bond donors (Lipinski definition) is 1. The van der Waals surface area contributed by atoms with Crippen molar-refractivity contribution in [1.82, 2.24) is 9.88 Å². The highest BCUT2D eigenvalue weighted by molar-refractivity contribution is 6.31. The number of nitrogens with one attached hydrogen (secondary N) is 1. The molecule has 5 nitrogen and oxygen atoms in total. The van der Waals surface area contributed by atoms with Gasteiger partial charge in [0, 0.05) is 27.9 Å². The SMILES string of the molecule is CCN(CC)CCC[C@H](C)Nc1c2ccc(Cl)cc2nc2cc(OC)c(OC)cc12. The largest absolute Gasteiger partial charge is 0.493 e. The first-order chi connectivity index (χ1) is 14.5. The van der Waals surface area contributed by atoms with Crippen molar-refractivity contribution in [2.24, 2.45) is 0 Å². The Hall–Kier alpha value is -2.24. The van der Waals surface area contributed by atoms with E-state index < -0.39 is 0 Å². The van der Waals surface area contributed by atoms with Crippen LogP contribution in [0.5, 0.6) is 11.5 Å². The number of fused-ring (bicyclic) bond motifs is 2. The Morgan fingerprint density at radius 2 is 1.67 bits per heavy atom. The monoisotopic (exact) mass is 429 g/mol. The van der Waals surface area contributed by atoms with E-state index in [1.807, 2.05) is 30.3 Å². The van der Waals surface area contributed by atoms with Gasteiger partial charge < -0.3 is 19.7 Å². The van der Waals surface area contributed by atoms with Crippen LogP contribution in [0.15, 0.2) is 30.3 Å². The van der Waals surface area contributed by atoms with E-state index in [2.05, 4.69) is 31.0 Å². The number of methoxy groups -OCH3 is 2. The molecule has 0 saturated carbocycles. The van der Waals surface area contributed by atoms with Gasteiger partial charge in [-0.2, -0.15) is 0 Å². The molecule has 1 N–H and O–H groups in total. The average Bonchev–Trinajstić information content (AvgIpc) is 2.75. The first kappa shape index (κ1) is 22.4. The fourth-order valence-corrected chi connectivity index (χ4v) is 4.05. The van der Waals surface area contributed by atoms with Gasteiger partial charge in [0.1, 0.15) is 0 Å². The fourth-order valence-electron chi connectivity index (χ4n) is 3.88. The van der Waals surface area contributed by atoms with Crippen LogP contribution in [0.1, 0.15) is 33.6 Å². The lowest BCUT2D eigenvalue weighted by Crippen LogP contribution is -2.25. The highest BCUT2D eigenvalue weighted by Gasteiger charge is 2.16. The topological polar surface area (TPSA) is 46.6 Å². The molecule has 0 amide bonds. The lowest BCUT2D eigenvalue weighted by atomic mass is 10.0. The summed E-state index contributed by atoms with van der Waals surface area (Å²) in [6.07, 6.45) is 2.24. The van der Waals surface area contributed by atoms with Crippen molar-refractivity contribution in [1.29, 1.82) is 0 Å². The summed E-state index contributed by atoms with van der Waals surface area (Å²) in [4.78, 5) is 7.29. The predicted octanol–water partition coefficient (Wildman–Crippen LogP) is 5.98. The second kappa shape index (κ2) is 10.2. The molecule has 3 aromatic rings. The maximum Gasteiger partial charge on any atom is 0.162 e. The molecule has 0 aliphatic carbocycles. The van der Waals surface area contributed by atoms with Crippen molar-refractivity contribution < 1.29 is 9.47 Å². The van der Waals surface area contributed by atoms with E-state index in [-0.39, 0.29) is 0 Å². The molecule has 1 aromatic heterocycles. The van der Waals surface area contributed by atoms with Crippen molar-refractivity contribution in [3.8, 4) is 11.5 Å². The lowest BCUT2D eigenvalue weighted by Gasteiger charge is -2.22. The smallest absolute Gasteiger partial charge is 0.162 e. The standard InChI is InChI=1S/C24H32ClN3O2/c1-6-28(7-2)12-8-9-16(3)26-24-18-11-10-17(25)13-20(18)27-21-15-23(30-5)22(29-4)14-19(21)24/h10-11,13-16H,6-9,12H2,1-5H3,(H,26,27)/t16-/m0/s1. The van der Waals surface area contributed by atoms with Crippen LogP contribution in [-0.4, -0.2) is 49.8 Å². The number of anilines is 1. The molecule has 2 aromatic carbocycles. The number of nitrogens with zero attached hydrogens (tertiary/aromatic N) is 2. The van der Waals surface area contributed by atoms with Crippen molar-refractivity contribution in [3.63, 3.8) is 0 Å². The quantitative estimate of drug-likeness (QED) is 0.401. The van der Waals surface area contributed by atoms with Gasteiger partial charge in [-0.1, -0.05) is 25.4 Å². The minimum Gasteiger partial charge on any atom is -0.493 e. The van der Waals surface area contributed by atoms with Gasteiger partial charge in [-0.05, 0) is 63.7 Å². The number of ether oxygens (including phenoxy) is 2. The molecule has 6 heteroatoms. The van der Waals surface area contributed by atoms with E-state index in [4.69, 9.17) is 26.1 Å². The minimum atomic E-state index is 0.318. The molecular formula is C24H32ClN3O2. The van der Waals surface area contributed by atoms with Crippen LogP contribution in [0.4, 0.5) is 5.69 Å². The Balaban J connectivity index is 1.99. The molecule has 0 aliphatic rings. The van der Waals surface area contributed by atoms with Gasteiger partial charge in [0.15, 0.2) is 11.5 Å². The van der Waals surface area contributed by atoms with Gasteiger partial charge in [-0.25, -0.2) is 4.98 Å². The molecule has 0 unspecified atom stereocenters. The second-order valence-electron chi connectivity index (χ2n) is 7.59. The molecule has 0 fully saturated rings. The maximum atomic E-state index is 6.25. The summed E-state index contributed by atoms with van der Waals surface area (Å²) in [5.41, 5.74) is 2.77. The average molecular weight is 430 g/mol. The molecule has 162 valence electrons. The van der Waals surface area contributed by atoms with Crippen molar-refractivity contribution in [3.05, 3.63) is 35.4 Å². The molecule has 0 saturated heterocycles. The van der Waals surface area contributed by atoms with Crippen LogP contribution in [-0.2, 0) is 0 Å². The van der Waals surface area contributed by atoms with Gasteiger partial charge in [-0.3, -0.25) is 0 Å². The summed E-state index contributed by atoms with van der Waals surface area (Å²) in [5, 5.41) is 6.48. The Labute approximate surface area is 184 Å². The molecule has 0 spiro atoms. The third-order valence-electron chi connectivity index (χ3n) is 5.64. The lowest BCUT2D eigenvalue weighted by molar-refractivity contribution is 0.295.